The van der Waals surface area contributed by atoms with Crippen LogP contribution in [0.5, 0.6) is 11.5 Å². The van der Waals surface area contributed by atoms with Gasteiger partial charge in [0.25, 0.3) is 5.91 Å². The number of hydrogen-bond acceptors (Lipinski definition) is 4. The maximum Gasteiger partial charge on any atom is 0.255 e. The zero-order valence-electron chi connectivity index (χ0n) is 12.0. The van der Waals surface area contributed by atoms with E-state index in [4.69, 9.17) is 4.74 Å². The molecule has 1 saturated carbocycles. The van der Waals surface area contributed by atoms with Crippen LogP contribution >= 0.6 is 0 Å². The fourth-order valence-electron chi connectivity index (χ4n) is 2.56. The molecule has 1 aliphatic rings. The quantitative estimate of drug-likeness (QED) is 0.737. The van der Waals surface area contributed by atoms with Gasteiger partial charge in [-0.05, 0) is 31.5 Å². The maximum absolute atomic E-state index is 12.2. The van der Waals surface area contributed by atoms with Gasteiger partial charge in [0.1, 0.15) is 11.5 Å². The number of aromatic hydroxyl groups is 2. The van der Waals surface area contributed by atoms with Gasteiger partial charge >= 0.3 is 0 Å². The number of benzene rings is 1. The van der Waals surface area contributed by atoms with Crippen molar-refractivity contribution in [2.75, 3.05) is 6.61 Å². The first kappa shape index (κ1) is 14.7. The molecule has 0 saturated heterocycles. The summed E-state index contributed by atoms with van der Waals surface area (Å²) in [5.41, 5.74) is -0.0568. The molecule has 5 nitrogen and oxygen atoms in total. The second kappa shape index (κ2) is 5.32. The Balaban J connectivity index is 2.05. The van der Waals surface area contributed by atoms with Crippen LogP contribution in [0.4, 0.5) is 0 Å². The van der Waals surface area contributed by atoms with E-state index in [2.05, 4.69) is 5.32 Å². The van der Waals surface area contributed by atoms with Crippen molar-refractivity contribution in [1.29, 1.82) is 0 Å². The van der Waals surface area contributed by atoms with Crippen LogP contribution in [0.1, 0.15) is 37.6 Å². The largest absolute Gasteiger partial charge is 0.508 e. The Morgan fingerprint density at radius 2 is 2.15 bits per heavy atom. The molecule has 0 aromatic heterocycles. The SMILES string of the molecule is CCOC1CC(NC(=O)c2cc(O)ccc2O)C1(C)C. The molecule has 0 radical (unpaired) electrons. The first-order chi connectivity index (χ1) is 9.36. The van der Waals surface area contributed by atoms with Gasteiger partial charge in [-0.25, -0.2) is 0 Å². The van der Waals surface area contributed by atoms with Gasteiger partial charge in [-0.2, -0.15) is 0 Å². The monoisotopic (exact) mass is 279 g/mol. The molecule has 20 heavy (non-hydrogen) atoms. The van der Waals surface area contributed by atoms with Gasteiger partial charge in [0.15, 0.2) is 0 Å². The molecular formula is C15H21NO4. The van der Waals surface area contributed by atoms with Crippen molar-refractivity contribution in [2.24, 2.45) is 5.41 Å². The molecule has 0 spiro atoms. The van der Waals surface area contributed by atoms with Gasteiger partial charge < -0.3 is 20.3 Å². The van der Waals surface area contributed by atoms with Crippen LogP contribution in [0, 0.1) is 5.41 Å². The lowest BCUT2D eigenvalue weighted by atomic mass is 9.64. The average molecular weight is 279 g/mol. The molecule has 5 heteroatoms. The summed E-state index contributed by atoms with van der Waals surface area (Å²) in [5.74, 6) is -0.571. The minimum absolute atomic E-state index is 0.00620. The van der Waals surface area contributed by atoms with E-state index in [1.165, 1.54) is 18.2 Å². The molecule has 3 N–H and O–H groups in total. The van der Waals surface area contributed by atoms with Gasteiger partial charge in [0, 0.05) is 18.1 Å². The molecular weight excluding hydrogens is 258 g/mol. The molecule has 1 aromatic rings. The Morgan fingerprint density at radius 3 is 2.75 bits per heavy atom. The predicted molar refractivity (Wildman–Crippen MR) is 74.8 cm³/mol. The normalized spacial score (nSPS) is 23.9. The smallest absolute Gasteiger partial charge is 0.255 e. The second-order valence-corrected chi connectivity index (χ2v) is 5.73. The summed E-state index contributed by atoms with van der Waals surface area (Å²) in [6, 6.07) is 3.90. The Hall–Kier alpha value is -1.75. The minimum Gasteiger partial charge on any atom is -0.508 e. The number of ether oxygens (including phenoxy) is 1. The second-order valence-electron chi connectivity index (χ2n) is 5.73. The van der Waals surface area contributed by atoms with Crippen LogP contribution in [0.15, 0.2) is 18.2 Å². The molecule has 1 aromatic carbocycles. The van der Waals surface area contributed by atoms with Crippen molar-refractivity contribution in [2.45, 2.75) is 39.3 Å². The van der Waals surface area contributed by atoms with E-state index in [-0.39, 0.29) is 40.5 Å². The van der Waals surface area contributed by atoms with Gasteiger partial charge in [0.05, 0.1) is 11.7 Å². The number of amides is 1. The molecule has 110 valence electrons. The van der Waals surface area contributed by atoms with Crippen molar-refractivity contribution in [3.63, 3.8) is 0 Å². The summed E-state index contributed by atoms with van der Waals surface area (Å²) in [5, 5.41) is 22.0. The predicted octanol–water partition coefficient (Wildman–Crippen LogP) is 2.03. The Morgan fingerprint density at radius 1 is 1.45 bits per heavy atom. The number of nitrogens with one attached hydrogen (secondary N) is 1. The third kappa shape index (κ3) is 2.58. The number of phenols is 2. The fourth-order valence-corrected chi connectivity index (χ4v) is 2.56. The summed E-state index contributed by atoms with van der Waals surface area (Å²) in [7, 11) is 0. The Kier molecular flexibility index (Phi) is 3.90. The highest BCUT2D eigenvalue weighted by Gasteiger charge is 2.49. The highest BCUT2D eigenvalue weighted by Crippen LogP contribution is 2.43. The first-order valence-corrected chi connectivity index (χ1v) is 6.80. The third-order valence-corrected chi connectivity index (χ3v) is 4.08. The highest BCUT2D eigenvalue weighted by molar-refractivity contribution is 5.97. The van der Waals surface area contributed by atoms with Crippen molar-refractivity contribution in [1.82, 2.24) is 5.32 Å². The van der Waals surface area contributed by atoms with Crippen LogP contribution in [-0.2, 0) is 4.74 Å². The lowest BCUT2D eigenvalue weighted by Gasteiger charge is -2.51. The molecule has 0 aliphatic heterocycles. The molecule has 0 heterocycles. The van der Waals surface area contributed by atoms with Crippen LogP contribution in [-0.4, -0.2) is 34.9 Å². The van der Waals surface area contributed by atoms with E-state index in [0.717, 1.165) is 6.42 Å². The standard InChI is InChI=1S/C15H21NO4/c1-4-20-13-8-12(15(13,2)3)16-14(19)10-7-9(17)5-6-11(10)18/h5-7,12-13,17-18H,4,8H2,1-3H3,(H,16,19). The minimum atomic E-state index is -0.383. The highest BCUT2D eigenvalue weighted by atomic mass is 16.5. The van der Waals surface area contributed by atoms with E-state index in [0.29, 0.717) is 6.61 Å². The summed E-state index contributed by atoms with van der Waals surface area (Å²) < 4.78 is 5.61. The van der Waals surface area contributed by atoms with Crippen molar-refractivity contribution >= 4 is 5.91 Å². The summed E-state index contributed by atoms with van der Waals surface area (Å²) in [6.07, 6.45) is 0.891. The summed E-state index contributed by atoms with van der Waals surface area (Å²) >= 11 is 0. The zero-order valence-corrected chi connectivity index (χ0v) is 12.0. The zero-order chi connectivity index (χ0) is 14.9. The van der Waals surface area contributed by atoms with Crippen molar-refractivity contribution < 1.29 is 19.7 Å². The van der Waals surface area contributed by atoms with Gasteiger partial charge in [-0.15, -0.1) is 0 Å². The van der Waals surface area contributed by atoms with Gasteiger partial charge in [0.2, 0.25) is 0 Å². The molecule has 1 aliphatic carbocycles. The number of carbonyl (C=O) groups is 1. The topological polar surface area (TPSA) is 78.8 Å². The first-order valence-electron chi connectivity index (χ1n) is 6.80. The Labute approximate surface area is 118 Å². The van der Waals surface area contributed by atoms with E-state index in [1.54, 1.807) is 0 Å². The Bertz CT molecular complexity index is 513. The van der Waals surface area contributed by atoms with Gasteiger partial charge in [-0.3, -0.25) is 4.79 Å². The summed E-state index contributed by atoms with van der Waals surface area (Å²) in [6.45, 7) is 6.70. The van der Waals surface area contributed by atoms with E-state index >= 15 is 0 Å². The third-order valence-electron chi connectivity index (χ3n) is 4.08. The molecule has 2 unspecified atom stereocenters. The number of hydrogen-bond donors (Lipinski definition) is 3. The van der Waals surface area contributed by atoms with E-state index < -0.39 is 0 Å². The average Bonchev–Trinajstić information content (AvgIpc) is 2.40. The number of phenolic OH excluding ortho intramolecular Hbond substituents is 2. The van der Waals surface area contributed by atoms with Crippen LogP contribution < -0.4 is 5.32 Å². The van der Waals surface area contributed by atoms with E-state index in [9.17, 15) is 15.0 Å². The van der Waals surface area contributed by atoms with E-state index in [1.807, 2.05) is 20.8 Å². The molecule has 1 amide bonds. The van der Waals surface area contributed by atoms with Crippen molar-refractivity contribution in [3.05, 3.63) is 23.8 Å². The number of rotatable bonds is 4. The molecule has 2 rings (SSSR count). The lowest BCUT2D eigenvalue weighted by Crippen LogP contribution is -2.62. The molecule has 2 atom stereocenters. The van der Waals surface area contributed by atoms with Crippen molar-refractivity contribution in [3.8, 4) is 11.5 Å². The van der Waals surface area contributed by atoms with Crippen LogP contribution in [0.3, 0.4) is 0 Å². The van der Waals surface area contributed by atoms with Crippen LogP contribution in [0.2, 0.25) is 0 Å². The lowest BCUT2D eigenvalue weighted by molar-refractivity contribution is -0.111. The molecule has 0 bridgehead atoms. The molecule has 1 fully saturated rings. The fraction of sp³-hybridized carbons (Fsp3) is 0.533. The maximum atomic E-state index is 12.2. The van der Waals surface area contributed by atoms with Crippen LogP contribution in [0.25, 0.3) is 0 Å². The summed E-state index contributed by atoms with van der Waals surface area (Å²) in [4.78, 5) is 12.2. The number of carbonyl (C=O) groups excluding carboxylic acids is 1. The van der Waals surface area contributed by atoms with Gasteiger partial charge in [-0.1, -0.05) is 13.8 Å².